The van der Waals surface area contributed by atoms with Crippen molar-refractivity contribution in [2.24, 2.45) is 0 Å². The molecule has 1 aromatic rings. The average Bonchev–Trinajstić information content (AvgIpc) is 2.28. The maximum absolute atomic E-state index is 12.1. The molecule has 4 heteroatoms. The van der Waals surface area contributed by atoms with Gasteiger partial charge >= 0.3 is 0 Å². The number of benzene rings is 1. The lowest BCUT2D eigenvalue weighted by Crippen LogP contribution is -2.45. The molecule has 2 N–H and O–H groups in total. The van der Waals surface area contributed by atoms with Gasteiger partial charge in [0, 0.05) is 10.5 Å². The Hall–Kier alpha value is -0.870. The van der Waals surface area contributed by atoms with E-state index in [9.17, 15) is 4.79 Å². The van der Waals surface area contributed by atoms with Crippen LogP contribution in [0.3, 0.4) is 0 Å². The third-order valence-electron chi connectivity index (χ3n) is 2.77. The van der Waals surface area contributed by atoms with Crippen LogP contribution in [0.1, 0.15) is 26.3 Å². The average molecular weight is 300 g/mol. The van der Waals surface area contributed by atoms with Crippen LogP contribution in [-0.4, -0.2) is 23.7 Å². The van der Waals surface area contributed by atoms with Crippen LogP contribution in [0.25, 0.3) is 0 Å². The third kappa shape index (κ3) is 3.54. The number of hydrogen-bond donors (Lipinski definition) is 2. The zero-order chi connectivity index (χ0) is 13.1. The highest BCUT2D eigenvalue weighted by Crippen LogP contribution is 2.26. The summed E-state index contributed by atoms with van der Waals surface area (Å²) < 4.78 is 0.950. The predicted octanol–water partition coefficient (Wildman–Crippen LogP) is 2.22. The zero-order valence-corrected chi connectivity index (χ0v) is 11.9. The van der Waals surface area contributed by atoms with Gasteiger partial charge in [-0.1, -0.05) is 28.1 Å². The zero-order valence-electron chi connectivity index (χ0n) is 10.3. The molecule has 0 bridgehead atoms. The first kappa shape index (κ1) is 14.2. The Morgan fingerprint density at radius 3 is 2.71 bits per heavy atom. The molecular weight excluding hydrogens is 282 g/mol. The summed E-state index contributed by atoms with van der Waals surface area (Å²) in [5, 5.41) is 11.7. The van der Waals surface area contributed by atoms with Crippen LogP contribution in [0.2, 0.25) is 0 Å². The smallest absolute Gasteiger partial charge is 0.230 e. The van der Waals surface area contributed by atoms with Crippen LogP contribution in [-0.2, 0) is 10.2 Å². The van der Waals surface area contributed by atoms with Crippen LogP contribution < -0.4 is 5.32 Å². The van der Waals surface area contributed by atoms with E-state index in [0.29, 0.717) is 0 Å². The Labute approximate surface area is 110 Å². The molecular formula is C13H18BrNO2. The Bertz CT molecular complexity index is 404. The highest BCUT2D eigenvalue weighted by atomic mass is 79.9. The Morgan fingerprint density at radius 1 is 1.53 bits per heavy atom. The molecule has 0 saturated carbocycles. The minimum absolute atomic E-state index is 0.0553. The van der Waals surface area contributed by atoms with Gasteiger partial charge in [-0.25, -0.2) is 0 Å². The van der Waals surface area contributed by atoms with Gasteiger partial charge < -0.3 is 10.4 Å². The third-order valence-corrected chi connectivity index (χ3v) is 3.26. The van der Waals surface area contributed by atoms with E-state index in [1.165, 1.54) is 0 Å². The number of halogens is 1. The van der Waals surface area contributed by atoms with E-state index < -0.39 is 5.41 Å². The first-order valence-electron chi connectivity index (χ1n) is 5.55. The largest absolute Gasteiger partial charge is 0.394 e. The van der Waals surface area contributed by atoms with Gasteiger partial charge in [0.2, 0.25) is 5.91 Å². The Balaban J connectivity index is 2.90. The lowest BCUT2D eigenvalue weighted by Gasteiger charge is -2.26. The molecule has 0 aliphatic heterocycles. The summed E-state index contributed by atoms with van der Waals surface area (Å²) in [7, 11) is 0. The maximum atomic E-state index is 12.1. The van der Waals surface area contributed by atoms with E-state index in [1.54, 1.807) is 6.92 Å². The normalized spacial score (nSPS) is 13.2. The molecule has 94 valence electrons. The summed E-state index contributed by atoms with van der Waals surface area (Å²) in [5.41, 5.74) is 0.322. The van der Waals surface area contributed by atoms with Crippen molar-refractivity contribution in [1.82, 2.24) is 5.32 Å². The van der Waals surface area contributed by atoms with Gasteiger partial charge in [0.15, 0.2) is 0 Å². The molecule has 0 radical (unpaired) electrons. The quantitative estimate of drug-likeness (QED) is 0.896. The number of carbonyl (C=O) groups is 1. The van der Waals surface area contributed by atoms with E-state index >= 15 is 0 Å². The van der Waals surface area contributed by atoms with Crippen LogP contribution in [0.15, 0.2) is 28.7 Å². The summed E-state index contributed by atoms with van der Waals surface area (Å²) in [6.45, 7) is 5.46. The van der Waals surface area contributed by atoms with Crippen LogP contribution in [0.5, 0.6) is 0 Å². The number of aliphatic hydroxyl groups is 1. The summed E-state index contributed by atoms with van der Waals surface area (Å²) in [4.78, 5) is 12.1. The monoisotopic (exact) mass is 299 g/mol. The van der Waals surface area contributed by atoms with E-state index in [-0.39, 0.29) is 18.6 Å². The highest BCUT2D eigenvalue weighted by Gasteiger charge is 2.30. The fourth-order valence-corrected chi connectivity index (χ4v) is 1.86. The van der Waals surface area contributed by atoms with Crippen molar-refractivity contribution in [3.05, 3.63) is 34.3 Å². The summed E-state index contributed by atoms with van der Waals surface area (Å²) in [5.74, 6) is -0.0860. The predicted molar refractivity (Wildman–Crippen MR) is 71.9 cm³/mol. The van der Waals surface area contributed by atoms with Crippen LogP contribution in [0.4, 0.5) is 0 Å². The van der Waals surface area contributed by atoms with Gasteiger partial charge in [-0.15, -0.1) is 0 Å². The molecule has 0 aliphatic carbocycles. The summed E-state index contributed by atoms with van der Waals surface area (Å²) in [6.07, 6.45) is 0. The molecule has 0 aromatic heterocycles. The van der Waals surface area contributed by atoms with Crippen molar-refractivity contribution >= 4 is 21.8 Å². The molecule has 0 spiro atoms. The van der Waals surface area contributed by atoms with Crippen molar-refractivity contribution in [3.8, 4) is 0 Å². The molecule has 1 aromatic carbocycles. The second kappa shape index (κ2) is 5.65. The second-order valence-electron chi connectivity index (χ2n) is 4.69. The van der Waals surface area contributed by atoms with Gasteiger partial charge in [-0.2, -0.15) is 0 Å². The lowest BCUT2D eigenvalue weighted by atomic mass is 9.83. The molecule has 1 atom stereocenters. The molecule has 0 fully saturated rings. The molecule has 1 unspecified atom stereocenters. The number of nitrogens with one attached hydrogen (secondary N) is 1. The van der Waals surface area contributed by atoms with Crippen molar-refractivity contribution in [2.75, 3.05) is 6.61 Å². The van der Waals surface area contributed by atoms with Gasteiger partial charge in [0.25, 0.3) is 0 Å². The second-order valence-corrected chi connectivity index (χ2v) is 5.61. The van der Waals surface area contributed by atoms with Gasteiger partial charge in [-0.3, -0.25) is 4.79 Å². The molecule has 1 rings (SSSR count). The van der Waals surface area contributed by atoms with E-state index in [1.807, 2.05) is 38.1 Å². The number of amides is 1. The number of aliphatic hydroxyl groups excluding tert-OH is 1. The summed E-state index contributed by atoms with van der Waals surface area (Å²) in [6, 6.07) is 7.46. The number of rotatable bonds is 4. The Kier molecular flexibility index (Phi) is 4.71. The number of carbonyl (C=O) groups excluding carboxylic acids is 1. The van der Waals surface area contributed by atoms with E-state index in [4.69, 9.17) is 5.11 Å². The molecule has 1 amide bonds. The first-order chi connectivity index (χ1) is 7.87. The maximum Gasteiger partial charge on any atom is 0.230 e. The summed E-state index contributed by atoms with van der Waals surface area (Å²) >= 11 is 3.40. The topological polar surface area (TPSA) is 49.3 Å². The standard InChI is InChI=1S/C13H18BrNO2/c1-9(8-16)15-12(17)13(2,3)10-5-4-6-11(14)7-10/h4-7,9,16H,8H2,1-3H3,(H,15,17). The lowest BCUT2D eigenvalue weighted by molar-refractivity contribution is -0.126. The van der Waals surface area contributed by atoms with E-state index in [2.05, 4.69) is 21.2 Å². The fourth-order valence-electron chi connectivity index (χ4n) is 1.46. The van der Waals surface area contributed by atoms with Crippen molar-refractivity contribution in [1.29, 1.82) is 0 Å². The Morgan fingerprint density at radius 2 is 2.18 bits per heavy atom. The number of hydrogen-bond acceptors (Lipinski definition) is 2. The minimum atomic E-state index is -0.618. The van der Waals surface area contributed by atoms with Gasteiger partial charge in [0.05, 0.1) is 12.0 Å². The molecule has 0 saturated heterocycles. The fraction of sp³-hybridized carbons (Fsp3) is 0.462. The highest BCUT2D eigenvalue weighted by molar-refractivity contribution is 9.10. The van der Waals surface area contributed by atoms with Gasteiger partial charge in [0.1, 0.15) is 0 Å². The van der Waals surface area contributed by atoms with Crippen molar-refractivity contribution in [2.45, 2.75) is 32.2 Å². The molecule has 0 aliphatic rings. The van der Waals surface area contributed by atoms with Crippen molar-refractivity contribution in [3.63, 3.8) is 0 Å². The minimum Gasteiger partial charge on any atom is -0.394 e. The van der Waals surface area contributed by atoms with Crippen molar-refractivity contribution < 1.29 is 9.90 Å². The van der Waals surface area contributed by atoms with E-state index in [0.717, 1.165) is 10.0 Å². The molecule has 17 heavy (non-hydrogen) atoms. The van der Waals surface area contributed by atoms with Gasteiger partial charge in [-0.05, 0) is 38.5 Å². The van der Waals surface area contributed by atoms with Crippen LogP contribution in [0, 0.1) is 0 Å². The SMILES string of the molecule is CC(CO)NC(=O)C(C)(C)c1cccc(Br)c1. The van der Waals surface area contributed by atoms with Crippen LogP contribution >= 0.6 is 15.9 Å². The molecule has 3 nitrogen and oxygen atoms in total. The molecule has 0 heterocycles. The first-order valence-corrected chi connectivity index (χ1v) is 6.35.